The summed E-state index contributed by atoms with van der Waals surface area (Å²) in [6.07, 6.45) is 1.78. The Morgan fingerprint density at radius 3 is 2.39 bits per heavy atom. The third kappa shape index (κ3) is 4.63. The highest BCUT2D eigenvalue weighted by Gasteiger charge is 2.27. The van der Waals surface area contributed by atoms with Crippen LogP contribution in [0.1, 0.15) is 18.4 Å². The van der Waals surface area contributed by atoms with Gasteiger partial charge in [0.05, 0.1) is 12.0 Å². The van der Waals surface area contributed by atoms with Crippen LogP contribution < -0.4 is 14.8 Å². The first-order valence-electron chi connectivity index (χ1n) is 9.07. The molecule has 7 nitrogen and oxygen atoms in total. The second-order valence-electron chi connectivity index (χ2n) is 6.60. The lowest BCUT2D eigenvalue weighted by Gasteiger charge is -2.17. The number of nitrogens with one attached hydrogen (secondary N) is 1. The lowest BCUT2D eigenvalue weighted by atomic mass is 10.2. The number of benzene rings is 2. The van der Waals surface area contributed by atoms with Crippen LogP contribution in [-0.4, -0.2) is 45.4 Å². The van der Waals surface area contributed by atoms with Gasteiger partial charge in [-0.15, -0.1) is 0 Å². The molecule has 0 atom stereocenters. The highest BCUT2D eigenvalue weighted by molar-refractivity contribution is 7.89. The maximum absolute atomic E-state index is 12.6. The zero-order valence-electron chi connectivity index (χ0n) is 16.0. The number of rotatable bonds is 7. The van der Waals surface area contributed by atoms with Crippen molar-refractivity contribution in [2.75, 3.05) is 32.1 Å². The van der Waals surface area contributed by atoms with Gasteiger partial charge in [-0.2, -0.15) is 4.31 Å². The van der Waals surface area contributed by atoms with Crippen LogP contribution in [-0.2, 0) is 14.8 Å². The van der Waals surface area contributed by atoms with Crippen molar-refractivity contribution in [2.24, 2.45) is 0 Å². The van der Waals surface area contributed by atoms with Gasteiger partial charge in [0.2, 0.25) is 10.0 Å². The van der Waals surface area contributed by atoms with Crippen molar-refractivity contribution in [2.45, 2.75) is 24.7 Å². The number of hydrogen-bond acceptors (Lipinski definition) is 5. The predicted molar refractivity (Wildman–Crippen MR) is 106 cm³/mol. The van der Waals surface area contributed by atoms with E-state index in [-0.39, 0.29) is 17.4 Å². The maximum Gasteiger partial charge on any atom is 0.262 e. The van der Waals surface area contributed by atoms with E-state index in [1.807, 2.05) is 0 Å². The van der Waals surface area contributed by atoms with Crippen molar-refractivity contribution >= 4 is 21.6 Å². The quantitative estimate of drug-likeness (QED) is 0.767. The molecule has 1 fully saturated rings. The zero-order chi connectivity index (χ0) is 20.1. The van der Waals surface area contributed by atoms with Crippen molar-refractivity contribution in [3.8, 4) is 11.5 Å². The third-order valence-electron chi connectivity index (χ3n) is 4.58. The largest absolute Gasteiger partial charge is 0.497 e. The van der Waals surface area contributed by atoms with Gasteiger partial charge in [0.1, 0.15) is 11.5 Å². The number of anilines is 1. The summed E-state index contributed by atoms with van der Waals surface area (Å²) in [4.78, 5) is 12.3. The number of hydrogen-bond donors (Lipinski definition) is 1. The minimum Gasteiger partial charge on any atom is -0.497 e. The first kappa shape index (κ1) is 20.2. The molecule has 0 aliphatic carbocycles. The minimum atomic E-state index is -3.47. The fourth-order valence-corrected chi connectivity index (χ4v) is 4.64. The first-order valence-corrected chi connectivity index (χ1v) is 10.5. The number of ether oxygens (including phenoxy) is 2. The Kier molecular flexibility index (Phi) is 6.21. The normalized spacial score (nSPS) is 14.6. The van der Waals surface area contributed by atoms with Crippen LogP contribution in [0.3, 0.4) is 0 Å². The number of carbonyl (C=O) groups is 1. The Labute approximate surface area is 165 Å². The fourth-order valence-electron chi connectivity index (χ4n) is 3.04. The van der Waals surface area contributed by atoms with Gasteiger partial charge < -0.3 is 14.8 Å². The Hall–Kier alpha value is -2.58. The molecule has 1 amide bonds. The topological polar surface area (TPSA) is 84.9 Å². The number of aryl methyl sites for hydroxylation is 1. The average molecular weight is 404 g/mol. The van der Waals surface area contributed by atoms with Gasteiger partial charge in [0, 0.05) is 18.8 Å². The number of sulfonamides is 1. The molecule has 1 heterocycles. The summed E-state index contributed by atoms with van der Waals surface area (Å²) in [6, 6.07) is 11.7. The lowest BCUT2D eigenvalue weighted by Crippen LogP contribution is -2.27. The Balaban J connectivity index is 1.60. The molecular weight excluding hydrogens is 380 g/mol. The standard InChI is InChI=1S/C20H24N2O5S/c1-15-13-18(28(24,25)22-11-3-4-12-22)9-10-19(15)27-14-20(23)21-16-5-7-17(26-2)8-6-16/h5-10,13H,3-4,11-12,14H2,1-2H3,(H,21,23). The molecule has 150 valence electrons. The predicted octanol–water partition coefficient (Wildman–Crippen LogP) is 2.81. The second-order valence-corrected chi connectivity index (χ2v) is 8.54. The van der Waals surface area contributed by atoms with Gasteiger partial charge in [-0.05, 0) is 67.8 Å². The zero-order valence-corrected chi connectivity index (χ0v) is 16.8. The number of amides is 1. The average Bonchev–Trinajstić information content (AvgIpc) is 3.23. The van der Waals surface area contributed by atoms with Crippen molar-refractivity contribution in [3.63, 3.8) is 0 Å². The molecule has 2 aromatic rings. The minimum absolute atomic E-state index is 0.176. The number of methoxy groups -OCH3 is 1. The summed E-state index contributed by atoms with van der Waals surface area (Å²) < 4.78 is 37.4. The van der Waals surface area contributed by atoms with Gasteiger partial charge in [-0.1, -0.05) is 0 Å². The highest BCUT2D eigenvalue weighted by atomic mass is 32.2. The van der Waals surface area contributed by atoms with Crippen LogP contribution in [0.5, 0.6) is 11.5 Å². The Bertz CT molecular complexity index is 936. The van der Waals surface area contributed by atoms with Gasteiger partial charge in [0.15, 0.2) is 6.61 Å². The smallest absolute Gasteiger partial charge is 0.262 e. The molecule has 28 heavy (non-hydrogen) atoms. The van der Waals surface area contributed by atoms with Crippen LogP contribution >= 0.6 is 0 Å². The number of nitrogens with zero attached hydrogens (tertiary/aromatic N) is 1. The summed E-state index contributed by atoms with van der Waals surface area (Å²) >= 11 is 0. The number of carbonyl (C=O) groups excluding carboxylic acids is 1. The van der Waals surface area contributed by atoms with E-state index in [0.29, 0.717) is 35.8 Å². The lowest BCUT2D eigenvalue weighted by molar-refractivity contribution is -0.118. The summed E-state index contributed by atoms with van der Waals surface area (Å²) in [5.74, 6) is 0.873. The fraction of sp³-hybridized carbons (Fsp3) is 0.350. The van der Waals surface area contributed by atoms with E-state index in [1.165, 1.54) is 10.4 Å². The van der Waals surface area contributed by atoms with Crippen molar-refractivity contribution in [3.05, 3.63) is 48.0 Å². The molecule has 1 aliphatic rings. The van der Waals surface area contributed by atoms with Crippen molar-refractivity contribution in [1.29, 1.82) is 0 Å². The van der Waals surface area contributed by atoms with Gasteiger partial charge >= 0.3 is 0 Å². The first-order chi connectivity index (χ1) is 13.4. The van der Waals surface area contributed by atoms with E-state index in [9.17, 15) is 13.2 Å². The van der Waals surface area contributed by atoms with Gasteiger partial charge in [-0.3, -0.25) is 4.79 Å². The molecule has 1 aliphatic heterocycles. The van der Waals surface area contributed by atoms with Crippen LogP contribution in [0.15, 0.2) is 47.4 Å². The summed E-state index contributed by atoms with van der Waals surface area (Å²) in [7, 11) is -1.89. The van der Waals surface area contributed by atoms with Crippen LogP contribution in [0.2, 0.25) is 0 Å². The van der Waals surface area contributed by atoms with E-state index in [0.717, 1.165) is 12.8 Å². The van der Waals surface area contributed by atoms with E-state index in [1.54, 1.807) is 50.4 Å². The molecule has 3 rings (SSSR count). The van der Waals surface area contributed by atoms with E-state index in [2.05, 4.69) is 5.32 Å². The third-order valence-corrected chi connectivity index (χ3v) is 6.48. The molecule has 1 saturated heterocycles. The molecular formula is C20H24N2O5S. The second kappa shape index (κ2) is 8.62. The molecule has 0 aromatic heterocycles. The monoisotopic (exact) mass is 404 g/mol. The molecule has 0 radical (unpaired) electrons. The Morgan fingerprint density at radius 1 is 1.11 bits per heavy atom. The summed E-state index contributed by atoms with van der Waals surface area (Å²) in [6.45, 7) is 2.71. The molecule has 0 spiro atoms. The molecule has 1 N–H and O–H groups in total. The van der Waals surface area contributed by atoms with Crippen molar-refractivity contribution in [1.82, 2.24) is 4.31 Å². The summed E-state index contributed by atoms with van der Waals surface area (Å²) in [5.41, 5.74) is 1.30. The van der Waals surface area contributed by atoms with Crippen molar-refractivity contribution < 1.29 is 22.7 Å². The highest BCUT2D eigenvalue weighted by Crippen LogP contribution is 2.26. The van der Waals surface area contributed by atoms with Crippen LogP contribution in [0, 0.1) is 6.92 Å². The van der Waals surface area contributed by atoms with Gasteiger partial charge in [0.25, 0.3) is 5.91 Å². The van der Waals surface area contributed by atoms with E-state index in [4.69, 9.17) is 9.47 Å². The summed E-state index contributed by atoms with van der Waals surface area (Å²) in [5, 5.41) is 2.73. The SMILES string of the molecule is COc1ccc(NC(=O)COc2ccc(S(=O)(=O)N3CCCC3)cc2C)cc1. The molecule has 2 aromatic carbocycles. The molecule has 8 heteroatoms. The molecule has 0 unspecified atom stereocenters. The van der Waals surface area contributed by atoms with Crippen LogP contribution in [0.25, 0.3) is 0 Å². The van der Waals surface area contributed by atoms with E-state index < -0.39 is 10.0 Å². The molecule has 0 saturated carbocycles. The van der Waals surface area contributed by atoms with E-state index >= 15 is 0 Å². The Morgan fingerprint density at radius 2 is 1.79 bits per heavy atom. The molecule has 0 bridgehead atoms. The maximum atomic E-state index is 12.6. The van der Waals surface area contributed by atoms with Gasteiger partial charge in [-0.25, -0.2) is 8.42 Å². The van der Waals surface area contributed by atoms with Crippen LogP contribution in [0.4, 0.5) is 5.69 Å².